The average Bonchev–Trinajstić information content (AvgIpc) is 2.27. The van der Waals surface area contributed by atoms with Crippen LogP contribution in [0.15, 0.2) is 0 Å². The smallest absolute Gasteiger partial charge is 0.236 e. The van der Waals surface area contributed by atoms with Crippen LogP contribution in [0.1, 0.15) is 13.3 Å². The van der Waals surface area contributed by atoms with E-state index in [0.717, 1.165) is 0 Å². The van der Waals surface area contributed by atoms with Crippen molar-refractivity contribution in [3.63, 3.8) is 0 Å². The first-order valence-electron chi connectivity index (χ1n) is 4.86. The fourth-order valence-corrected chi connectivity index (χ4v) is 1.61. The number of nitrogens with one attached hydrogen (secondary N) is 2. The SMILES string of the molecule is CNCC(=O)N1CCNC(=O)CC1C.Cl. The summed E-state index contributed by atoms with van der Waals surface area (Å²) in [7, 11) is 1.74. The van der Waals surface area contributed by atoms with Gasteiger partial charge in [-0.15, -0.1) is 12.4 Å². The van der Waals surface area contributed by atoms with E-state index in [9.17, 15) is 9.59 Å². The minimum atomic E-state index is -0.00153. The zero-order chi connectivity index (χ0) is 10.6. The Balaban J connectivity index is 0.00000196. The summed E-state index contributed by atoms with van der Waals surface area (Å²) in [6.45, 7) is 3.39. The van der Waals surface area contributed by atoms with Gasteiger partial charge >= 0.3 is 0 Å². The number of hydrogen-bond acceptors (Lipinski definition) is 3. The van der Waals surface area contributed by atoms with E-state index in [-0.39, 0.29) is 30.3 Å². The molecule has 0 aromatic rings. The second-order valence-corrected chi connectivity index (χ2v) is 3.52. The summed E-state index contributed by atoms with van der Waals surface area (Å²) < 4.78 is 0. The van der Waals surface area contributed by atoms with Gasteiger partial charge in [0, 0.05) is 25.6 Å². The quantitative estimate of drug-likeness (QED) is 0.670. The van der Waals surface area contributed by atoms with Gasteiger partial charge in [0.05, 0.1) is 6.54 Å². The van der Waals surface area contributed by atoms with Crippen molar-refractivity contribution in [2.45, 2.75) is 19.4 Å². The Kier molecular flexibility index (Phi) is 6.27. The van der Waals surface area contributed by atoms with Crippen LogP contribution < -0.4 is 10.6 Å². The van der Waals surface area contributed by atoms with Crippen molar-refractivity contribution in [1.82, 2.24) is 15.5 Å². The molecule has 0 aromatic heterocycles. The zero-order valence-electron chi connectivity index (χ0n) is 9.08. The molecule has 5 nitrogen and oxygen atoms in total. The highest BCUT2D eigenvalue weighted by Crippen LogP contribution is 2.06. The third-order valence-corrected chi connectivity index (χ3v) is 2.34. The molecule has 2 N–H and O–H groups in total. The third kappa shape index (κ3) is 4.05. The molecule has 15 heavy (non-hydrogen) atoms. The number of amides is 2. The van der Waals surface area contributed by atoms with E-state index >= 15 is 0 Å². The Bertz CT molecular complexity index is 235. The lowest BCUT2D eigenvalue weighted by atomic mass is 10.2. The van der Waals surface area contributed by atoms with Crippen molar-refractivity contribution < 1.29 is 9.59 Å². The predicted molar refractivity (Wildman–Crippen MR) is 60.0 cm³/mol. The average molecular weight is 236 g/mol. The van der Waals surface area contributed by atoms with Crippen molar-refractivity contribution >= 4 is 24.2 Å². The van der Waals surface area contributed by atoms with Crippen molar-refractivity contribution in [2.24, 2.45) is 0 Å². The molecule has 1 fully saturated rings. The highest BCUT2D eigenvalue weighted by molar-refractivity contribution is 5.85. The standard InChI is InChI=1S/C9H17N3O2.ClH/c1-7-5-8(13)11-3-4-12(7)9(14)6-10-2;/h7,10H,3-6H2,1-2H3,(H,11,13);1H. The van der Waals surface area contributed by atoms with Crippen LogP contribution in [-0.2, 0) is 9.59 Å². The summed E-state index contributed by atoms with van der Waals surface area (Å²) in [6.07, 6.45) is 0.398. The molecular formula is C9H18ClN3O2. The maximum atomic E-state index is 11.6. The van der Waals surface area contributed by atoms with Crippen molar-refractivity contribution in [2.75, 3.05) is 26.7 Å². The molecule has 88 valence electrons. The van der Waals surface area contributed by atoms with Crippen LogP contribution in [-0.4, -0.2) is 49.4 Å². The largest absolute Gasteiger partial charge is 0.354 e. The lowest BCUT2D eigenvalue weighted by Gasteiger charge is -2.25. The van der Waals surface area contributed by atoms with E-state index in [2.05, 4.69) is 10.6 Å². The molecule has 0 aromatic carbocycles. The second-order valence-electron chi connectivity index (χ2n) is 3.52. The molecule has 1 unspecified atom stereocenters. The first-order valence-corrected chi connectivity index (χ1v) is 4.86. The molecule has 1 rings (SSSR count). The molecule has 0 bridgehead atoms. The number of nitrogens with zero attached hydrogens (tertiary/aromatic N) is 1. The van der Waals surface area contributed by atoms with Crippen LogP contribution in [0.3, 0.4) is 0 Å². The number of carbonyl (C=O) groups excluding carboxylic acids is 2. The van der Waals surface area contributed by atoms with Crippen LogP contribution in [0.25, 0.3) is 0 Å². The molecule has 0 radical (unpaired) electrons. The van der Waals surface area contributed by atoms with Crippen molar-refractivity contribution in [1.29, 1.82) is 0 Å². The van der Waals surface area contributed by atoms with Gasteiger partial charge in [-0.05, 0) is 14.0 Å². The fraction of sp³-hybridized carbons (Fsp3) is 0.778. The fourth-order valence-electron chi connectivity index (χ4n) is 1.61. The molecule has 6 heteroatoms. The maximum absolute atomic E-state index is 11.6. The van der Waals surface area contributed by atoms with Gasteiger partial charge in [-0.3, -0.25) is 9.59 Å². The van der Waals surface area contributed by atoms with E-state index in [1.165, 1.54) is 0 Å². The molecule has 0 spiro atoms. The molecular weight excluding hydrogens is 218 g/mol. The Morgan fingerprint density at radius 3 is 2.93 bits per heavy atom. The highest BCUT2D eigenvalue weighted by atomic mass is 35.5. The zero-order valence-corrected chi connectivity index (χ0v) is 9.89. The normalized spacial score (nSPS) is 21.3. The van der Waals surface area contributed by atoms with Gasteiger partial charge in [0.15, 0.2) is 0 Å². The number of carbonyl (C=O) groups is 2. The van der Waals surface area contributed by atoms with Gasteiger partial charge in [-0.25, -0.2) is 0 Å². The molecule has 2 amide bonds. The topological polar surface area (TPSA) is 61.4 Å². The number of likely N-dealkylation sites (N-methyl/N-ethyl adjacent to an activating group) is 1. The molecule has 0 aliphatic carbocycles. The van der Waals surface area contributed by atoms with Crippen LogP contribution in [0, 0.1) is 0 Å². The Morgan fingerprint density at radius 1 is 1.67 bits per heavy atom. The van der Waals surface area contributed by atoms with Crippen LogP contribution in [0.2, 0.25) is 0 Å². The molecule has 1 heterocycles. The maximum Gasteiger partial charge on any atom is 0.236 e. The Morgan fingerprint density at radius 2 is 2.33 bits per heavy atom. The van der Waals surface area contributed by atoms with E-state index in [0.29, 0.717) is 26.1 Å². The van der Waals surface area contributed by atoms with Crippen LogP contribution in [0.5, 0.6) is 0 Å². The lowest BCUT2D eigenvalue weighted by Crippen LogP contribution is -2.43. The Labute approximate surface area is 96.0 Å². The molecule has 1 aliphatic heterocycles. The van der Waals surface area contributed by atoms with Gasteiger partial charge in [0.1, 0.15) is 0 Å². The first kappa shape index (κ1) is 14.2. The number of rotatable bonds is 2. The van der Waals surface area contributed by atoms with Crippen LogP contribution >= 0.6 is 12.4 Å². The van der Waals surface area contributed by atoms with E-state index in [1.807, 2.05) is 6.92 Å². The highest BCUT2D eigenvalue weighted by Gasteiger charge is 2.24. The summed E-state index contributed by atoms with van der Waals surface area (Å²) in [5.74, 6) is 0.0776. The van der Waals surface area contributed by atoms with Crippen molar-refractivity contribution in [3.8, 4) is 0 Å². The molecule has 0 saturated carbocycles. The van der Waals surface area contributed by atoms with Crippen LogP contribution in [0.4, 0.5) is 0 Å². The predicted octanol–water partition coefficient (Wildman–Crippen LogP) is -0.635. The molecule has 1 saturated heterocycles. The van der Waals surface area contributed by atoms with Gasteiger partial charge in [-0.2, -0.15) is 0 Å². The van der Waals surface area contributed by atoms with Gasteiger partial charge in [-0.1, -0.05) is 0 Å². The summed E-state index contributed by atoms with van der Waals surface area (Å²) in [5.41, 5.74) is 0. The van der Waals surface area contributed by atoms with Crippen molar-refractivity contribution in [3.05, 3.63) is 0 Å². The summed E-state index contributed by atoms with van der Waals surface area (Å²) in [5, 5.41) is 5.57. The van der Waals surface area contributed by atoms with Gasteiger partial charge < -0.3 is 15.5 Å². The first-order chi connectivity index (χ1) is 6.65. The van der Waals surface area contributed by atoms with Gasteiger partial charge in [0.2, 0.25) is 11.8 Å². The summed E-state index contributed by atoms with van der Waals surface area (Å²) in [6, 6.07) is -0.00153. The molecule has 1 aliphatic rings. The minimum Gasteiger partial charge on any atom is -0.354 e. The number of hydrogen-bond donors (Lipinski definition) is 2. The number of halogens is 1. The van der Waals surface area contributed by atoms with E-state index < -0.39 is 0 Å². The minimum absolute atomic E-state index is 0. The second kappa shape index (κ2) is 6.63. The summed E-state index contributed by atoms with van der Waals surface area (Å²) >= 11 is 0. The molecule has 1 atom stereocenters. The Hall–Kier alpha value is -0.810. The lowest BCUT2D eigenvalue weighted by molar-refractivity contribution is -0.132. The third-order valence-electron chi connectivity index (χ3n) is 2.34. The summed E-state index contributed by atoms with van der Waals surface area (Å²) in [4.78, 5) is 24.5. The van der Waals surface area contributed by atoms with E-state index in [1.54, 1.807) is 11.9 Å². The van der Waals surface area contributed by atoms with Gasteiger partial charge in [0.25, 0.3) is 0 Å². The van der Waals surface area contributed by atoms with E-state index in [4.69, 9.17) is 0 Å². The monoisotopic (exact) mass is 235 g/mol.